The molecule has 1 heterocycles. The zero-order valence-corrected chi connectivity index (χ0v) is 13.3. The number of aryl methyl sites for hydroxylation is 1. The Morgan fingerprint density at radius 2 is 1.79 bits per heavy atom. The summed E-state index contributed by atoms with van der Waals surface area (Å²) in [4.78, 5) is 25.5. The highest BCUT2D eigenvalue weighted by Gasteiger charge is 2.28. The van der Waals surface area contributed by atoms with E-state index in [1.165, 1.54) is 0 Å². The molecule has 0 radical (unpaired) electrons. The van der Waals surface area contributed by atoms with Crippen LogP contribution in [0.3, 0.4) is 0 Å². The van der Waals surface area contributed by atoms with E-state index in [1.807, 2.05) is 36.4 Å². The second-order valence-electron chi connectivity index (χ2n) is 5.93. The molecule has 0 unspecified atom stereocenters. The van der Waals surface area contributed by atoms with Crippen LogP contribution < -0.4 is 16.6 Å². The van der Waals surface area contributed by atoms with Crippen molar-refractivity contribution in [3.05, 3.63) is 63.9 Å². The third-order valence-corrected chi connectivity index (χ3v) is 4.56. The lowest BCUT2D eigenvalue weighted by molar-refractivity contribution is 0.104. The van der Waals surface area contributed by atoms with Crippen LogP contribution in [0.4, 0.5) is 5.69 Å². The highest BCUT2D eigenvalue weighted by Crippen LogP contribution is 2.41. The van der Waals surface area contributed by atoms with E-state index in [0.717, 1.165) is 27.7 Å². The Bertz CT molecular complexity index is 1050. The molecule has 1 aliphatic carbocycles. The maximum Gasteiger partial charge on any atom is 0.251 e. The van der Waals surface area contributed by atoms with Gasteiger partial charge in [0.25, 0.3) is 5.56 Å². The van der Waals surface area contributed by atoms with Crippen molar-refractivity contribution in [2.75, 3.05) is 18.4 Å². The number of nitrogens with one attached hydrogen (secondary N) is 1. The fraction of sp³-hybridized carbons (Fsp3) is 0.158. The molecule has 120 valence electrons. The van der Waals surface area contributed by atoms with E-state index in [1.54, 1.807) is 17.7 Å². The number of hydrogen-bond acceptors (Lipinski definition) is 4. The summed E-state index contributed by atoms with van der Waals surface area (Å²) in [5, 5.41) is 4.05. The smallest absolute Gasteiger partial charge is 0.251 e. The predicted octanol–water partition coefficient (Wildman–Crippen LogP) is 2.12. The van der Waals surface area contributed by atoms with Crippen molar-refractivity contribution in [2.45, 2.75) is 0 Å². The molecule has 0 bridgehead atoms. The quantitative estimate of drug-likeness (QED) is 0.606. The maximum atomic E-state index is 13.1. The van der Waals surface area contributed by atoms with Crippen molar-refractivity contribution in [3.63, 3.8) is 0 Å². The summed E-state index contributed by atoms with van der Waals surface area (Å²) in [7, 11) is 1.73. The predicted molar refractivity (Wildman–Crippen MR) is 95.6 cm³/mol. The number of pyridine rings is 1. The van der Waals surface area contributed by atoms with Crippen molar-refractivity contribution in [2.24, 2.45) is 12.8 Å². The molecule has 5 nitrogen and oxygen atoms in total. The molecule has 0 spiro atoms. The van der Waals surface area contributed by atoms with E-state index < -0.39 is 0 Å². The van der Waals surface area contributed by atoms with Gasteiger partial charge in [0.05, 0.1) is 11.1 Å². The molecule has 0 fully saturated rings. The molecular weight excluding hydrogens is 302 g/mol. The van der Waals surface area contributed by atoms with Crippen molar-refractivity contribution >= 4 is 22.4 Å². The van der Waals surface area contributed by atoms with Gasteiger partial charge in [0.2, 0.25) is 0 Å². The number of hydrogen-bond donors (Lipinski definition) is 2. The number of nitrogens with two attached hydrogens (primary N) is 1. The van der Waals surface area contributed by atoms with Gasteiger partial charge in [-0.1, -0.05) is 24.3 Å². The van der Waals surface area contributed by atoms with Crippen molar-refractivity contribution in [1.82, 2.24) is 4.57 Å². The number of rotatable bonds is 3. The second-order valence-corrected chi connectivity index (χ2v) is 5.93. The fourth-order valence-electron chi connectivity index (χ4n) is 3.41. The number of nitrogens with zero attached hydrogens (tertiary/aromatic N) is 1. The Kier molecular flexibility index (Phi) is 3.25. The van der Waals surface area contributed by atoms with Gasteiger partial charge in [-0.05, 0) is 23.3 Å². The first-order chi connectivity index (χ1) is 11.6. The molecule has 24 heavy (non-hydrogen) atoms. The normalized spacial score (nSPS) is 12.3. The standard InChI is InChI=1S/C19H17N3O2/c1-22-15-7-6-14(21-9-8-20)18-17(15)13(10-16(22)23)11-4-2-3-5-12(11)19(18)24/h2-7,10,21H,8-9,20H2,1H3. The topological polar surface area (TPSA) is 77.1 Å². The van der Waals surface area contributed by atoms with E-state index in [2.05, 4.69) is 5.32 Å². The number of carbonyl (C=O) groups excluding carboxylic acids is 1. The van der Waals surface area contributed by atoms with Gasteiger partial charge in [0, 0.05) is 42.8 Å². The molecule has 2 aromatic carbocycles. The van der Waals surface area contributed by atoms with Gasteiger partial charge in [0.15, 0.2) is 5.78 Å². The van der Waals surface area contributed by atoms with E-state index >= 15 is 0 Å². The van der Waals surface area contributed by atoms with Gasteiger partial charge in [-0.25, -0.2) is 0 Å². The molecule has 5 heteroatoms. The monoisotopic (exact) mass is 319 g/mol. The molecule has 0 aliphatic heterocycles. The Morgan fingerprint density at radius 1 is 1.04 bits per heavy atom. The van der Waals surface area contributed by atoms with Crippen LogP contribution in [0.15, 0.2) is 47.3 Å². The van der Waals surface area contributed by atoms with Gasteiger partial charge in [-0.15, -0.1) is 0 Å². The Balaban J connectivity index is 2.17. The summed E-state index contributed by atoms with van der Waals surface area (Å²) in [5.74, 6) is -0.0260. The van der Waals surface area contributed by atoms with Gasteiger partial charge in [-0.2, -0.15) is 0 Å². The highest BCUT2D eigenvalue weighted by molar-refractivity contribution is 6.28. The van der Waals surface area contributed by atoms with Crippen LogP contribution in [0.5, 0.6) is 0 Å². The third kappa shape index (κ3) is 1.91. The van der Waals surface area contributed by atoms with Crippen molar-refractivity contribution in [1.29, 1.82) is 0 Å². The first kappa shape index (κ1) is 14.7. The van der Waals surface area contributed by atoms with Gasteiger partial charge < -0.3 is 15.6 Å². The molecule has 4 rings (SSSR count). The average molecular weight is 319 g/mol. The lowest BCUT2D eigenvalue weighted by Gasteiger charge is -2.23. The van der Waals surface area contributed by atoms with E-state index in [4.69, 9.17) is 5.73 Å². The van der Waals surface area contributed by atoms with E-state index in [-0.39, 0.29) is 11.3 Å². The fourth-order valence-corrected chi connectivity index (χ4v) is 3.41. The molecular formula is C19H17N3O2. The van der Waals surface area contributed by atoms with Crippen LogP contribution in [-0.4, -0.2) is 23.4 Å². The Morgan fingerprint density at radius 3 is 2.54 bits per heavy atom. The first-order valence-electron chi connectivity index (χ1n) is 7.88. The number of fused-ring (bicyclic) bond motifs is 2. The third-order valence-electron chi connectivity index (χ3n) is 4.56. The second kappa shape index (κ2) is 5.32. The summed E-state index contributed by atoms with van der Waals surface area (Å²) in [6, 6.07) is 12.8. The number of carbonyl (C=O) groups is 1. The zero-order valence-electron chi connectivity index (χ0n) is 13.3. The average Bonchev–Trinajstić information content (AvgIpc) is 2.61. The van der Waals surface area contributed by atoms with Crippen molar-refractivity contribution < 1.29 is 4.79 Å². The molecule has 1 aliphatic rings. The number of aromatic nitrogens is 1. The van der Waals surface area contributed by atoms with Crippen LogP contribution in [-0.2, 0) is 7.05 Å². The molecule has 3 N–H and O–H groups in total. The molecule has 0 saturated carbocycles. The summed E-state index contributed by atoms with van der Waals surface area (Å²) in [6.45, 7) is 1.05. The maximum absolute atomic E-state index is 13.1. The minimum Gasteiger partial charge on any atom is -0.383 e. The van der Waals surface area contributed by atoms with Gasteiger partial charge >= 0.3 is 0 Å². The molecule has 0 amide bonds. The molecule has 3 aromatic rings. The van der Waals surface area contributed by atoms with Crippen LogP contribution in [0.25, 0.3) is 22.0 Å². The van der Waals surface area contributed by atoms with E-state index in [9.17, 15) is 9.59 Å². The SMILES string of the molecule is Cn1c(=O)cc2c3c(c(NCCN)ccc31)C(=O)c1ccccc1-2. The molecule has 0 saturated heterocycles. The lowest BCUT2D eigenvalue weighted by Crippen LogP contribution is -2.22. The van der Waals surface area contributed by atoms with Crippen molar-refractivity contribution in [3.8, 4) is 11.1 Å². The highest BCUT2D eigenvalue weighted by atomic mass is 16.1. The van der Waals surface area contributed by atoms with E-state index in [0.29, 0.717) is 24.2 Å². The zero-order chi connectivity index (χ0) is 16.8. The summed E-state index contributed by atoms with van der Waals surface area (Å²) in [6.07, 6.45) is 0. The van der Waals surface area contributed by atoms with Gasteiger partial charge in [0.1, 0.15) is 0 Å². The summed E-state index contributed by atoms with van der Waals surface area (Å²) in [5.41, 5.74) is 9.88. The minimum absolute atomic E-state index is 0.0260. The van der Waals surface area contributed by atoms with Crippen LogP contribution in [0.1, 0.15) is 15.9 Å². The minimum atomic E-state index is -0.0877. The summed E-state index contributed by atoms with van der Waals surface area (Å²) >= 11 is 0. The van der Waals surface area contributed by atoms with Crippen LogP contribution in [0.2, 0.25) is 0 Å². The largest absolute Gasteiger partial charge is 0.383 e. The number of anilines is 1. The number of benzene rings is 2. The van der Waals surface area contributed by atoms with Crippen LogP contribution in [0, 0.1) is 0 Å². The first-order valence-corrected chi connectivity index (χ1v) is 7.88. The van der Waals surface area contributed by atoms with Gasteiger partial charge in [-0.3, -0.25) is 9.59 Å². The Hall–Kier alpha value is -2.92. The molecule has 0 atom stereocenters. The number of ketones is 1. The summed E-state index contributed by atoms with van der Waals surface area (Å²) < 4.78 is 1.58. The van der Waals surface area contributed by atoms with Crippen LogP contribution >= 0.6 is 0 Å². The Labute approximate surface area is 138 Å². The lowest BCUT2D eigenvalue weighted by atomic mass is 9.83. The molecule has 1 aromatic heterocycles.